The van der Waals surface area contributed by atoms with Crippen LogP contribution in [0.3, 0.4) is 0 Å². The molecule has 1 atom stereocenters. The molecule has 0 bridgehead atoms. The summed E-state index contributed by atoms with van der Waals surface area (Å²) in [7, 11) is 0. The molecule has 0 saturated carbocycles. The number of esters is 2. The lowest BCUT2D eigenvalue weighted by Crippen LogP contribution is -2.42. The van der Waals surface area contributed by atoms with Crippen LogP contribution in [0.25, 0.3) is 6.08 Å². The number of ether oxygens (including phenoxy) is 5. The summed E-state index contributed by atoms with van der Waals surface area (Å²) in [6.45, 7) is 16.5. The molecule has 1 aliphatic heterocycles. The largest absolute Gasteiger partial charge is 0.489 e. The molecule has 0 aromatic heterocycles. The number of carbonyl (C=O) groups excluding carboxylic acids is 2. The lowest BCUT2D eigenvalue weighted by atomic mass is 9.87. The molecule has 38 heavy (non-hydrogen) atoms. The van der Waals surface area contributed by atoms with Crippen molar-refractivity contribution in [2.75, 3.05) is 26.4 Å². The molecule has 0 N–H and O–H groups in total. The van der Waals surface area contributed by atoms with Crippen LogP contribution in [0.5, 0.6) is 17.2 Å². The maximum atomic E-state index is 12.2. The molecule has 204 valence electrons. The summed E-state index contributed by atoms with van der Waals surface area (Å²) in [5.74, 6) is 1.05. The van der Waals surface area contributed by atoms with E-state index in [0.717, 1.165) is 41.0 Å². The molecule has 2 aromatic carbocycles. The van der Waals surface area contributed by atoms with Crippen LogP contribution in [0.15, 0.2) is 42.5 Å². The first-order chi connectivity index (χ1) is 18.1. The quantitative estimate of drug-likeness (QED) is 0.120. The highest BCUT2D eigenvalue weighted by atomic mass is 16.6. The van der Waals surface area contributed by atoms with E-state index >= 15 is 0 Å². The van der Waals surface area contributed by atoms with E-state index in [9.17, 15) is 9.59 Å². The van der Waals surface area contributed by atoms with Gasteiger partial charge in [-0.25, -0.2) is 9.59 Å². The van der Waals surface area contributed by atoms with Crippen LogP contribution in [0.1, 0.15) is 55.0 Å². The van der Waals surface area contributed by atoms with Gasteiger partial charge >= 0.3 is 11.9 Å². The van der Waals surface area contributed by atoms with Gasteiger partial charge in [0.25, 0.3) is 0 Å². The van der Waals surface area contributed by atoms with E-state index in [4.69, 9.17) is 23.7 Å². The summed E-state index contributed by atoms with van der Waals surface area (Å²) in [5, 5.41) is 0. The van der Waals surface area contributed by atoms with E-state index in [0.29, 0.717) is 24.5 Å². The van der Waals surface area contributed by atoms with Gasteiger partial charge in [0.2, 0.25) is 0 Å². The van der Waals surface area contributed by atoms with Crippen molar-refractivity contribution in [3.05, 3.63) is 70.3 Å². The molecular weight excluding hydrogens is 484 g/mol. The Hall–Kier alpha value is -3.74. The van der Waals surface area contributed by atoms with Crippen LogP contribution in [-0.2, 0) is 25.5 Å². The number of hydrogen-bond acceptors (Lipinski definition) is 7. The van der Waals surface area contributed by atoms with Crippen molar-refractivity contribution in [3.63, 3.8) is 0 Å². The topological polar surface area (TPSA) is 80.3 Å². The minimum atomic E-state index is -0.714. The van der Waals surface area contributed by atoms with Crippen LogP contribution in [-0.4, -0.2) is 44.0 Å². The number of hydrogen-bond donors (Lipinski definition) is 0. The predicted octanol–water partition coefficient (Wildman–Crippen LogP) is 5.85. The predicted molar refractivity (Wildman–Crippen MR) is 147 cm³/mol. The minimum Gasteiger partial charge on any atom is -0.489 e. The zero-order valence-corrected chi connectivity index (χ0v) is 23.3. The SMILES string of the molecule is C=CCOc1c(C)c(C)c2c(c1C)CCC(C)(COc1ccc(C=C(C(=O)OCC)C(=O)OCC)cc1)O2. The molecular formula is C31H38O7. The van der Waals surface area contributed by atoms with Crippen LogP contribution in [0, 0.1) is 20.8 Å². The summed E-state index contributed by atoms with van der Waals surface area (Å²) in [6.07, 6.45) is 4.87. The molecule has 3 rings (SSSR count). The first-order valence-electron chi connectivity index (χ1n) is 13.0. The molecule has 7 nitrogen and oxygen atoms in total. The number of rotatable bonds is 11. The highest BCUT2D eigenvalue weighted by molar-refractivity contribution is 6.17. The Morgan fingerprint density at radius 1 is 0.974 bits per heavy atom. The fraction of sp³-hybridized carbons (Fsp3) is 0.419. The summed E-state index contributed by atoms with van der Waals surface area (Å²) in [6, 6.07) is 7.13. The standard InChI is InChI=1S/C31H38O7/c1-8-17-36-27-20(4)21(5)28-25(22(27)6)15-16-31(7,38-28)19-37-24-13-11-23(12-14-24)18-26(29(32)34-9-2)30(33)35-10-3/h8,11-14,18H,1,9-10,15-17,19H2,2-7H3. The normalized spacial score (nSPS) is 15.9. The molecule has 7 heteroatoms. The van der Waals surface area contributed by atoms with E-state index in [-0.39, 0.29) is 18.8 Å². The lowest BCUT2D eigenvalue weighted by Gasteiger charge is -2.38. The Kier molecular flexibility index (Phi) is 9.61. The van der Waals surface area contributed by atoms with Crippen LogP contribution in [0.2, 0.25) is 0 Å². The van der Waals surface area contributed by atoms with Crippen molar-refractivity contribution in [3.8, 4) is 17.2 Å². The highest BCUT2D eigenvalue weighted by Crippen LogP contribution is 2.44. The van der Waals surface area contributed by atoms with Crippen molar-refractivity contribution < 1.29 is 33.3 Å². The van der Waals surface area contributed by atoms with E-state index in [1.807, 2.05) is 0 Å². The first-order valence-corrected chi connectivity index (χ1v) is 13.0. The van der Waals surface area contributed by atoms with E-state index in [1.165, 1.54) is 11.6 Å². The second kappa shape index (κ2) is 12.7. The number of fused-ring (bicyclic) bond motifs is 1. The van der Waals surface area contributed by atoms with Gasteiger partial charge in [0.05, 0.1) is 13.2 Å². The molecule has 2 aromatic rings. The minimum absolute atomic E-state index is 0.150. The third-order valence-corrected chi connectivity index (χ3v) is 6.63. The fourth-order valence-corrected chi connectivity index (χ4v) is 4.42. The molecule has 0 aliphatic carbocycles. The second-order valence-corrected chi connectivity index (χ2v) is 9.52. The first kappa shape index (κ1) is 28.8. The number of carbonyl (C=O) groups is 2. The van der Waals surface area contributed by atoms with E-state index in [2.05, 4.69) is 34.3 Å². The van der Waals surface area contributed by atoms with Crippen molar-refractivity contribution >= 4 is 18.0 Å². The monoisotopic (exact) mass is 522 g/mol. The smallest absolute Gasteiger partial charge is 0.345 e. The Labute approximate surface area is 225 Å². The number of benzene rings is 2. The molecule has 0 saturated heterocycles. The zero-order valence-electron chi connectivity index (χ0n) is 23.3. The lowest BCUT2D eigenvalue weighted by molar-refractivity contribution is -0.146. The van der Waals surface area contributed by atoms with E-state index < -0.39 is 17.5 Å². The molecule has 1 heterocycles. The maximum absolute atomic E-state index is 12.2. The van der Waals surface area contributed by atoms with Gasteiger partial charge in [-0.1, -0.05) is 24.8 Å². The van der Waals surface area contributed by atoms with Crippen molar-refractivity contribution in [2.45, 2.75) is 60.0 Å². The van der Waals surface area contributed by atoms with E-state index in [1.54, 1.807) is 44.2 Å². The van der Waals surface area contributed by atoms with Gasteiger partial charge in [0.15, 0.2) is 0 Å². The van der Waals surface area contributed by atoms with Crippen molar-refractivity contribution in [2.24, 2.45) is 0 Å². The third-order valence-electron chi connectivity index (χ3n) is 6.63. The Bertz CT molecular complexity index is 1190. The molecule has 0 fully saturated rings. The summed E-state index contributed by atoms with van der Waals surface area (Å²) in [5.41, 5.74) is 4.44. The Morgan fingerprint density at radius 2 is 1.61 bits per heavy atom. The molecule has 0 amide bonds. The van der Waals surface area contributed by atoms with Crippen LogP contribution in [0.4, 0.5) is 0 Å². The highest BCUT2D eigenvalue weighted by Gasteiger charge is 2.35. The molecule has 1 aliphatic rings. The summed E-state index contributed by atoms with van der Waals surface area (Å²) in [4.78, 5) is 24.4. The second-order valence-electron chi connectivity index (χ2n) is 9.52. The van der Waals surface area contributed by atoms with Gasteiger partial charge in [-0.05, 0) is 94.8 Å². The molecule has 0 spiro atoms. The average Bonchev–Trinajstić information content (AvgIpc) is 2.90. The Morgan fingerprint density at radius 3 is 2.18 bits per heavy atom. The van der Waals surface area contributed by atoms with Crippen LogP contribution < -0.4 is 14.2 Å². The maximum Gasteiger partial charge on any atom is 0.345 e. The van der Waals surface area contributed by atoms with Gasteiger partial charge in [-0.2, -0.15) is 0 Å². The summed E-state index contributed by atoms with van der Waals surface area (Å²) >= 11 is 0. The average molecular weight is 523 g/mol. The van der Waals surface area contributed by atoms with Crippen molar-refractivity contribution in [1.29, 1.82) is 0 Å². The van der Waals surface area contributed by atoms with Gasteiger partial charge < -0.3 is 23.7 Å². The Balaban J connectivity index is 1.73. The van der Waals surface area contributed by atoms with Gasteiger partial charge in [0, 0.05) is 5.56 Å². The zero-order chi connectivity index (χ0) is 27.9. The molecule has 1 unspecified atom stereocenters. The van der Waals surface area contributed by atoms with Crippen LogP contribution >= 0.6 is 0 Å². The third kappa shape index (κ3) is 6.57. The van der Waals surface area contributed by atoms with Gasteiger partial charge in [0.1, 0.15) is 41.6 Å². The fourth-order valence-electron chi connectivity index (χ4n) is 4.42. The molecule has 0 radical (unpaired) electrons. The van der Waals surface area contributed by atoms with Gasteiger partial charge in [-0.3, -0.25) is 0 Å². The van der Waals surface area contributed by atoms with Crippen molar-refractivity contribution in [1.82, 2.24) is 0 Å². The summed E-state index contributed by atoms with van der Waals surface area (Å²) < 4.78 is 28.6. The van der Waals surface area contributed by atoms with Gasteiger partial charge in [-0.15, -0.1) is 0 Å².